The van der Waals surface area contributed by atoms with Crippen LogP contribution < -0.4 is 0 Å². The van der Waals surface area contributed by atoms with E-state index >= 15 is 0 Å². The minimum absolute atomic E-state index is 0.0227. The van der Waals surface area contributed by atoms with Gasteiger partial charge in [-0.05, 0) is 0 Å². The third kappa shape index (κ3) is 3.11. The summed E-state index contributed by atoms with van der Waals surface area (Å²) in [6, 6.07) is 7.91. The van der Waals surface area contributed by atoms with Crippen LogP contribution in [0.15, 0.2) is 30.3 Å². The minimum Gasteiger partial charge on any atom is -0.258 e. The molecule has 0 saturated heterocycles. The molecule has 0 saturated carbocycles. The first-order valence-electron chi connectivity index (χ1n) is 6.07. The van der Waals surface area contributed by atoms with E-state index in [-0.39, 0.29) is 11.1 Å². The number of hydrogen-bond donors (Lipinski definition) is 0. The maximum atomic E-state index is 10.8. The van der Waals surface area contributed by atoms with Gasteiger partial charge in [0.1, 0.15) is 11.0 Å². The number of benzene rings is 1. The lowest BCUT2D eigenvalue weighted by Crippen LogP contribution is -2.16. The molecular weight excluding hydrogens is 278 g/mol. The summed E-state index contributed by atoms with van der Waals surface area (Å²) in [7, 11) is 0. The summed E-state index contributed by atoms with van der Waals surface area (Å²) in [5, 5.41) is 11.1. The quantitative estimate of drug-likeness (QED) is 0.476. The Morgan fingerprint density at radius 1 is 1.20 bits per heavy atom. The van der Waals surface area contributed by atoms with Gasteiger partial charge in [-0.3, -0.25) is 10.1 Å². The van der Waals surface area contributed by atoms with Crippen LogP contribution in [0.4, 0.5) is 5.69 Å². The van der Waals surface area contributed by atoms with Gasteiger partial charge in [0.25, 0.3) is 5.69 Å². The van der Waals surface area contributed by atoms with E-state index in [2.05, 4.69) is 9.97 Å². The number of hydrogen-bond acceptors (Lipinski definition) is 4. The van der Waals surface area contributed by atoms with Gasteiger partial charge in [-0.1, -0.05) is 44.5 Å². The van der Waals surface area contributed by atoms with Gasteiger partial charge in [0.05, 0.1) is 10.6 Å². The summed E-state index contributed by atoms with van der Waals surface area (Å²) in [6.07, 6.45) is 0. The molecule has 104 valence electrons. The molecule has 2 aromatic rings. The van der Waals surface area contributed by atoms with Crippen LogP contribution in [0.3, 0.4) is 0 Å². The second kappa shape index (κ2) is 5.17. The average Bonchev–Trinajstić information content (AvgIpc) is 2.37. The van der Waals surface area contributed by atoms with Crippen molar-refractivity contribution in [3.63, 3.8) is 0 Å². The molecule has 0 aliphatic heterocycles. The lowest BCUT2D eigenvalue weighted by Gasteiger charge is -2.17. The fraction of sp³-hybridized carbons (Fsp3) is 0.286. The molecule has 20 heavy (non-hydrogen) atoms. The predicted octanol–water partition coefficient (Wildman–Crippen LogP) is 4.00. The molecule has 5 nitrogen and oxygen atoms in total. The van der Waals surface area contributed by atoms with Crippen molar-refractivity contribution in [3.8, 4) is 11.3 Å². The van der Waals surface area contributed by atoms with E-state index in [1.807, 2.05) is 20.8 Å². The highest BCUT2D eigenvalue weighted by atomic mass is 35.5. The van der Waals surface area contributed by atoms with Crippen molar-refractivity contribution in [3.05, 3.63) is 51.4 Å². The Labute approximate surface area is 121 Å². The zero-order chi connectivity index (χ0) is 14.9. The minimum atomic E-state index is -0.434. The molecule has 0 atom stereocenters. The highest BCUT2D eigenvalue weighted by Crippen LogP contribution is 2.27. The number of rotatable bonds is 2. The van der Waals surface area contributed by atoms with Crippen molar-refractivity contribution >= 4 is 17.3 Å². The molecule has 0 unspecified atom stereocenters. The Morgan fingerprint density at radius 3 is 2.50 bits per heavy atom. The lowest BCUT2D eigenvalue weighted by atomic mass is 9.95. The number of nitro groups is 1. The van der Waals surface area contributed by atoms with E-state index in [9.17, 15) is 10.1 Å². The monoisotopic (exact) mass is 291 g/mol. The molecular formula is C14H14ClN3O2. The van der Waals surface area contributed by atoms with Gasteiger partial charge in [-0.15, -0.1) is 0 Å². The van der Waals surface area contributed by atoms with Crippen LogP contribution in [0.25, 0.3) is 11.3 Å². The van der Waals surface area contributed by atoms with Crippen LogP contribution in [-0.4, -0.2) is 14.9 Å². The van der Waals surface area contributed by atoms with Gasteiger partial charge in [0.2, 0.25) is 0 Å². The summed E-state index contributed by atoms with van der Waals surface area (Å²) >= 11 is 6.02. The molecule has 0 bridgehead atoms. The van der Waals surface area contributed by atoms with Crippen molar-refractivity contribution < 1.29 is 4.92 Å². The summed E-state index contributed by atoms with van der Waals surface area (Å²) in [5.74, 6) is 0.603. The predicted molar refractivity (Wildman–Crippen MR) is 77.8 cm³/mol. The van der Waals surface area contributed by atoms with Gasteiger partial charge in [-0.2, -0.15) is 0 Å². The Bertz CT molecular complexity index is 666. The first kappa shape index (κ1) is 14.4. The van der Waals surface area contributed by atoms with Crippen LogP contribution >= 0.6 is 11.6 Å². The fourth-order valence-corrected chi connectivity index (χ4v) is 1.86. The summed E-state index contributed by atoms with van der Waals surface area (Å²) < 4.78 is 0. The zero-order valence-electron chi connectivity index (χ0n) is 11.4. The third-order valence-electron chi connectivity index (χ3n) is 2.72. The van der Waals surface area contributed by atoms with E-state index in [0.717, 1.165) is 0 Å². The van der Waals surface area contributed by atoms with E-state index in [1.54, 1.807) is 18.2 Å². The number of halogens is 1. The fourth-order valence-electron chi connectivity index (χ4n) is 1.68. The molecule has 1 aromatic heterocycles. The molecule has 0 aliphatic rings. The first-order valence-corrected chi connectivity index (χ1v) is 6.45. The molecule has 1 aromatic carbocycles. The van der Waals surface area contributed by atoms with Crippen LogP contribution in [0.2, 0.25) is 5.15 Å². The smallest absolute Gasteiger partial charge is 0.258 e. The molecule has 0 radical (unpaired) electrons. The molecule has 6 heteroatoms. The third-order valence-corrected chi connectivity index (χ3v) is 2.91. The van der Waals surface area contributed by atoms with Gasteiger partial charge >= 0.3 is 0 Å². The maximum Gasteiger partial charge on any atom is 0.270 e. The standard InChI is InChI=1S/C14H14ClN3O2/c1-14(2,3)13-16-11(8-12(15)17-13)9-5-4-6-10(7-9)18(19)20/h4-8H,1-3H3. The van der Waals surface area contributed by atoms with Gasteiger partial charge < -0.3 is 0 Å². The van der Waals surface area contributed by atoms with E-state index in [1.165, 1.54) is 12.1 Å². The molecule has 0 spiro atoms. The molecule has 1 heterocycles. The Balaban J connectivity index is 2.55. The topological polar surface area (TPSA) is 68.9 Å². The molecule has 0 aliphatic carbocycles. The number of nitrogens with zero attached hydrogens (tertiary/aromatic N) is 3. The van der Waals surface area contributed by atoms with Crippen molar-refractivity contribution in [2.45, 2.75) is 26.2 Å². The van der Waals surface area contributed by atoms with E-state index in [4.69, 9.17) is 11.6 Å². The summed E-state index contributed by atoms with van der Waals surface area (Å²) in [4.78, 5) is 19.1. The largest absolute Gasteiger partial charge is 0.270 e. The average molecular weight is 292 g/mol. The second-order valence-electron chi connectivity index (χ2n) is 5.46. The van der Waals surface area contributed by atoms with Crippen LogP contribution in [0.5, 0.6) is 0 Å². The van der Waals surface area contributed by atoms with Crippen molar-refractivity contribution in [2.75, 3.05) is 0 Å². The van der Waals surface area contributed by atoms with E-state index < -0.39 is 4.92 Å². The SMILES string of the molecule is CC(C)(C)c1nc(Cl)cc(-c2cccc([N+](=O)[O-])c2)n1. The second-order valence-corrected chi connectivity index (χ2v) is 5.84. The van der Waals surface area contributed by atoms with Gasteiger partial charge in [0.15, 0.2) is 0 Å². The van der Waals surface area contributed by atoms with Crippen molar-refractivity contribution in [1.29, 1.82) is 0 Å². The normalized spacial score (nSPS) is 11.4. The molecule has 2 rings (SSSR count). The van der Waals surface area contributed by atoms with Gasteiger partial charge in [-0.25, -0.2) is 9.97 Å². The summed E-state index contributed by atoms with van der Waals surface area (Å²) in [6.45, 7) is 5.95. The lowest BCUT2D eigenvalue weighted by molar-refractivity contribution is -0.384. The number of non-ortho nitro benzene ring substituents is 1. The highest BCUT2D eigenvalue weighted by Gasteiger charge is 2.19. The van der Waals surface area contributed by atoms with Crippen LogP contribution in [0.1, 0.15) is 26.6 Å². The maximum absolute atomic E-state index is 10.8. The van der Waals surface area contributed by atoms with Crippen LogP contribution in [0, 0.1) is 10.1 Å². The van der Waals surface area contributed by atoms with E-state index in [0.29, 0.717) is 22.2 Å². The molecule has 0 N–H and O–H groups in total. The Hall–Kier alpha value is -2.01. The summed E-state index contributed by atoms with van der Waals surface area (Å²) in [5.41, 5.74) is 1.00. The van der Waals surface area contributed by atoms with Crippen LogP contribution in [-0.2, 0) is 5.41 Å². The first-order chi connectivity index (χ1) is 9.27. The number of nitro benzene ring substituents is 1. The number of aromatic nitrogens is 2. The van der Waals surface area contributed by atoms with Crippen molar-refractivity contribution in [1.82, 2.24) is 9.97 Å². The molecule has 0 fully saturated rings. The Kier molecular flexibility index (Phi) is 3.72. The molecule has 0 amide bonds. The van der Waals surface area contributed by atoms with Crippen molar-refractivity contribution in [2.24, 2.45) is 0 Å². The highest BCUT2D eigenvalue weighted by molar-refractivity contribution is 6.29. The van der Waals surface area contributed by atoms with Gasteiger partial charge in [0, 0.05) is 29.2 Å². The zero-order valence-corrected chi connectivity index (χ0v) is 12.2. The Morgan fingerprint density at radius 2 is 1.90 bits per heavy atom.